The summed E-state index contributed by atoms with van der Waals surface area (Å²) in [5, 5.41) is 8.68. The molecule has 4 heterocycles. The number of fused-ring (bicyclic) bond motifs is 1. The highest BCUT2D eigenvalue weighted by Crippen LogP contribution is 2.33. The summed E-state index contributed by atoms with van der Waals surface area (Å²) < 4.78 is 15.2. The van der Waals surface area contributed by atoms with Crippen LogP contribution in [0.1, 0.15) is 18.4 Å². The fraction of sp³-hybridized carbons (Fsp3) is 0.375. The molecule has 0 radical (unpaired) electrons. The molecule has 8 nitrogen and oxygen atoms in total. The van der Waals surface area contributed by atoms with Gasteiger partial charge in [-0.05, 0) is 43.4 Å². The van der Waals surface area contributed by atoms with Crippen LogP contribution in [-0.4, -0.2) is 44.6 Å². The molecule has 4 aromatic rings. The van der Waals surface area contributed by atoms with E-state index >= 15 is 0 Å². The van der Waals surface area contributed by atoms with Gasteiger partial charge in [0.2, 0.25) is 5.95 Å². The van der Waals surface area contributed by atoms with Gasteiger partial charge in [-0.2, -0.15) is 10.1 Å². The van der Waals surface area contributed by atoms with Crippen LogP contribution in [-0.2, 0) is 18.3 Å². The molecule has 8 heteroatoms. The Morgan fingerprint density at radius 1 is 1.19 bits per heavy atom. The van der Waals surface area contributed by atoms with Gasteiger partial charge in [0.05, 0.1) is 13.3 Å². The maximum absolute atomic E-state index is 5.63. The van der Waals surface area contributed by atoms with Crippen LogP contribution in [0.25, 0.3) is 22.2 Å². The highest BCUT2D eigenvalue weighted by atomic mass is 16.5. The van der Waals surface area contributed by atoms with Gasteiger partial charge in [-0.15, -0.1) is 0 Å². The Bertz CT molecular complexity index is 1240. The Labute approximate surface area is 187 Å². The molecule has 1 fully saturated rings. The second-order valence-corrected chi connectivity index (χ2v) is 8.39. The molecule has 166 valence electrons. The summed E-state index contributed by atoms with van der Waals surface area (Å²) in [7, 11) is 3.58. The van der Waals surface area contributed by atoms with Crippen LogP contribution in [0.3, 0.4) is 0 Å². The molecule has 0 amide bonds. The first-order valence-corrected chi connectivity index (χ1v) is 10.9. The number of aromatic nitrogens is 5. The SMILES string of the molecule is COc1cc(Nc2ncc3c(C)cn(CC4CCOCC4)c3n2)ccc1-c1cnn(C)c1. The van der Waals surface area contributed by atoms with Crippen molar-refractivity contribution >= 4 is 22.7 Å². The van der Waals surface area contributed by atoms with E-state index in [0.29, 0.717) is 11.9 Å². The quantitative estimate of drug-likeness (QED) is 0.489. The number of methoxy groups -OCH3 is 1. The lowest BCUT2D eigenvalue weighted by Crippen LogP contribution is -2.20. The largest absolute Gasteiger partial charge is 0.496 e. The van der Waals surface area contributed by atoms with Gasteiger partial charge in [0, 0.05) is 73.7 Å². The number of hydrogen-bond acceptors (Lipinski definition) is 6. The predicted octanol–water partition coefficient (Wildman–Crippen LogP) is 4.32. The lowest BCUT2D eigenvalue weighted by Gasteiger charge is -2.22. The molecule has 1 aromatic carbocycles. The summed E-state index contributed by atoms with van der Waals surface area (Å²) >= 11 is 0. The van der Waals surface area contributed by atoms with E-state index in [-0.39, 0.29) is 0 Å². The molecule has 1 N–H and O–H groups in total. The van der Waals surface area contributed by atoms with Gasteiger partial charge < -0.3 is 19.4 Å². The van der Waals surface area contributed by atoms with Gasteiger partial charge in [0.25, 0.3) is 0 Å². The minimum Gasteiger partial charge on any atom is -0.496 e. The fourth-order valence-electron chi connectivity index (χ4n) is 4.34. The van der Waals surface area contributed by atoms with Crippen molar-refractivity contribution in [2.75, 3.05) is 25.6 Å². The molecule has 1 aliphatic heterocycles. The monoisotopic (exact) mass is 432 g/mol. The van der Waals surface area contributed by atoms with E-state index in [0.717, 1.165) is 66.2 Å². The molecular weight excluding hydrogens is 404 g/mol. The smallest absolute Gasteiger partial charge is 0.229 e. The average Bonchev–Trinajstić information content (AvgIpc) is 3.37. The van der Waals surface area contributed by atoms with Crippen molar-refractivity contribution in [3.63, 3.8) is 0 Å². The normalized spacial score (nSPS) is 14.7. The Morgan fingerprint density at radius 3 is 2.78 bits per heavy atom. The van der Waals surface area contributed by atoms with Crippen LogP contribution in [0.2, 0.25) is 0 Å². The van der Waals surface area contributed by atoms with E-state index in [2.05, 4.69) is 33.1 Å². The molecule has 0 atom stereocenters. The van der Waals surface area contributed by atoms with Crippen LogP contribution in [0.15, 0.2) is 43.0 Å². The second-order valence-electron chi connectivity index (χ2n) is 8.39. The minimum atomic E-state index is 0.569. The molecule has 0 saturated carbocycles. The standard InChI is InChI=1S/C24H28N6O2/c1-16-13-30(14-17-6-8-32-9-7-17)23-21(16)12-25-24(28-23)27-19-4-5-20(22(10-19)31-3)18-11-26-29(2)15-18/h4-5,10-13,15,17H,6-9,14H2,1-3H3,(H,25,27,28). The molecule has 1 saturated heterocycles. The Balaban J connectivity index is 1.41. The van der Waals surface area contributed by atoms with Gasteiger partial charge in [-0.25, -0.2) is 4.98 Å². The third-order valence-electron chi connectivity index (χ3n) is 6.08. The summed E-state index contributed by atoms with van der Waals surface area (Å²) in [6.45, 7) is 4.77. The lowest BCUT2D eigenvalue weighted by atomic mass is 10.0. The van der Waals surface area contributed by atoms with Gasteiger partial charge in [-0.3, -0.25) is 4.68 Å². The van der Waals surface area contributed by atoms with Crippen molar-refractivity contribution < 1.29 is 9.47 Å². The van der Waals surface area contributed by atoms with Crippen molar-refractivity contribution in [1.82, 2.24) is 24.3 Å². The van der Waals surface area contributed by atoms with Crippen molar-refractivity contribution in [2.45, 2.75) is 26.3 Å². The number of nitrogens with one attached hydrogen (secondary N) is 1. The molecule has 1 aliphatic rings. The van der Waals surface area contributed by atoms with Crippen LogP contribution < -0.4 is 10.1 Å². The van der Waals surface area contributed by atoms with Crippen LogP contribution >= 0.6 is 0 Å². The molecule has 0 bridgehead atoms. The topological polar surface area (TPSA) is 79.0 Å². The fourth-order valence-corrected chi connectivity index (χ4v) is 4.34. The summed E-state index contributed by atoms with van der Waals surface area (Å²) in [6.07, 6.45) is 10.1. The van der Waals surface area contributed by atoms with E-state index in [9.17, 15) is 0 Å². The molecule has 0 aliphatic carbocycles. The maximum Gasteiger partial charge on any atom is 0.229 e. The number of anilines is 2. The first-order valence-electron chi connectivity index (χ1n) is 10.9. The molecular formula is C24H28N6O2. The number of hydrogen-bond donors (Lipinski definition) is 1. The summed E-state index contributed by atoms with van der Waals surface area (Å²) in [5.74, 6) is 1.96. The molecule has 5 rings (SSSR count). The van der Waals surface area contributed by atoms with Crippen LogP contribution in [0.4, 0.5) is 11.6 Å². The number of nitrogens with zero attached hydrogens (tertiary/aromatic N) is 5. The average molecular weight is 433 g/mol. The lowest BCUT2D eigenvalue weighted by molar-refractivity contribution is 0.0616. The van der Waals surface area contributed by atoms with Gasteiger partial charge in [0.15, 0.2) is 0 Å². The Hall–Kier alpha value is -3.39. The zero-order valence-electron chi connectivity index (χ0n) is 18.7. The van der Waals surface area contributed by atoms with E-state index < -0.39 is 0 Å². The second kappa shape index (κ2) is 8.63. The van der Waals surface area contributed by atoms with Crippen LogP contribution in [0.5, 0.6) is 5.75 Å². The van der Waals surface area contributed by atoms with E-state index in [1.807, 2.05) is 43.8 Å². The number of rotatable bonds is 6. The maximum atomic E-state index is 5.63. The van der Waals surface area contributed by atoms with Gasteiger partial charge in [-0.1, -0.05) is 0 Å². The van der Waals surface area contributed by atoms with E-state index in [1.54, 1.807) is 11.8 Å². The number of ether oxygens (including phenoxy) is 2. The molecule has 0 unspecified atom stereocenters. The highest BCUT2D eigenvalue weighted by Gasteiger charge is 2.17. The van der Waals surface area contributed by atoms with Crippen LogP contribution in [0, 0.1) is 12.8 Å². The van der Waals surface area contributed by atoms with Crippen molar-refractivity contribution in [2.24, 2.45) is 13.0 Å². The van der Waals surface area contributed by atoms with E-state index in [4.69, 9.17) is 14.5 Å². The summed E-state index contributed by atoms with van der Waals surface area (Å²) in [6, 6.07) is 5.99. The van der Waals surface area contributed by atoms with E-state index in [1.165, 1.54) is 5.56 Å². The molecule has 3 aromatic heterocycles. The van der Waals surface area contributed by atoms with Crippen molar-refractivity contribution in [3.05, 3.63) is 48.5 Å². The molecule has 32 heavy (non-hydrogen) atoms. The van der Waals surface area contributed by atoms with Gasteiger partial charge in [0.1, 0.15) is 11.4 Å². The first kappa shape index (κ1) is 20.5. The highest BCUT2D eigenvalue weighted by molar-refractivity contribution is 5.81. The Kier molecular flexibility index (Phi) is 5.53. The molecule has 0 spiro atoms. The third-order valence-corrected chi connectivity index (χ3v) is 6.08. The third kappa shape index (κ3) is 4.05. The summed E-state index contributed by atoms with van der Waals surface area (Å²) in [4.78, 5) is 9.40. The predicted molar refractivity (Wildman–Crippen MR) is 124 cm³/mol. The zero-order chi connectivity index (χ0) is 22.1. The van der Waals surface area contributed by atoms with Crippen molar-refractivity contribution in [1.29, 1.82) is 0 Å². The number of aryl methyl sites for hydroxylation is 2. The summed E-state index contributed by atoms with van der Waals surface area (Å²) in [5.41, 5.74) is 5.03. The van der Waals surface area contributed by atoms with Crippen molar-refractivity contribution in [3.8, 4) is 16.9 Å². The van der Waals surface area contributed by atoms with Gasteiger partial charge >= 0.3 is 0 Å². The first-order chi connectivity index (χ1) is 15.6. The Morgan fingerprint density at radius 2 is 2.03 bits per heavy atom. The number of benzene rings is 1. The zero-order valence-corrected chi connectivity index (χ0v) is 18.7. The minimum absolute atomic E-state index is 0.569.